The summed E-state index contributed by atoms with van der Waals surface area (Å²) in [6.07, 6.45) is 0.451. The molecule has 1 saturated heterocycles. The lowest BCUT2D eigenvalue weighted by molar-refractivity contribution is -0.162. The first-order chi connectivity index (χ1) is 21.1. The Kier molecular flexibility index (Phi) is 8.39. The molecule has 10 nitrogen and oxygen atoms in total. The number of amides is 1. The van der Waals surface area contributed by atoms with E-state index in [1.165, 1.54) is 17.7 Å². The lowest BCUT2D eigenvalue weighted by atomic mass is 10.1. The van der Waals surface area contributed by atoms with Crippen molar-refractivity contribution in [3.05, 3.63) is 59.9 Å². The maximum atomic E-state index is 12.6. The van der Waals surface area contributed by atoms with Crippen molar-refractivity contribution in [1.82, 2.24) is 34.7 Å². The summed E-state index contributed by atoms with van der Waals surface area (Å²) in [7, 11) is 3.68. The van der Waals surface area contributed by atoms with Crippen molar-refractivity contribution in [1.29, 1.82) is 0 Å². The standard InChI is InChI=1S/C31H35F3N8O2/c1-40(17-20-3-4-20)30-29(44-2)28(36-19-37-30)22-5-6-24-25(14-22)39-26(38-24)15-23-13-21(7-8-35-23)18-41-9-11-42(12-10-41)27(43)16-31(32,33)34/h5-8,13-14,19-20H,3-4,9-12,15-18H2,1-2H3,(H,38,39). The molecule has 1 amide bonds. The zero-order chi connectivity index (χ0) is 30.8. The van der Waals surface area contributed by atoms with Crippen molar-refractivity contribution in [2.24, 2.45) is 5.92 Å². The fourth-order valence-electron chi connectivity index (χ4n) is 5.69. The van der Waals surface area contributed by atoms with Crippen LogP contribution in [-0.4, -0.2) is 93.7 Å². The van der Waals surface area contributed by atoms with Crippen LogP contribution in [0, 0.1) is 5.92 Å². The molecule has 13 heteroatoms. The number of benzene rings is 1. The second-order valence-corrected chi connectivity index (χ2v) is 11.6. The number of imidazole rings is 1. The number of carbonyl (C=O) groups excluding carboxylic acids is 1. The fraction of sp³-hybridized carbons (Fsp3) is 0.452. The average Bonchev–Trinajstić information content (AvgIpc) is 3.72. The van der Waals surface area contributed by atoms with E-state index in [-0.39, 0.29) is 13.1 Å². The summed E-state index contributed by atoms with van der Waals surface area (Å²) in [5, 5.41) is 0. The number of carbonyl (C=O) groups is 1. The van der Waals surface area contributed by atoms with Gasteiger partial charge in [-0.25, -0.2) is 15.0 Å². The van der Waals surface area contributed by atoms with Crippen molar-refractivity contribution in [2.45, 2.75) is 38.4 Å². The molecule has 44 heavy (non-hydrogen) atoms. The topological polar surface area (TPSA) is 103 Å². The second kappa shape index (κ2) is 12.4. The monoisotopic (exact) mass is 608 g/mol. The Morgan fingerprint density at radius 1 is 1.09 bits per heavy atom. The van der Waals surface area contributed by atoms with E-state index in [1.54, 1.807) is 19.6 Å². The zero-order valence-corrected chi connectivity index (χ0v) is 24.8. The molecule has 1 aliphatic heterocycles. The van der Waals surface area contributed by atoms with Gasteiger partial charge < -0.3 is 19.5 Å². The number of hydrogen-bond acceptors (Lipinski definition) is 8. The molecule has 2 fully saturated rings. The van der Waals surface area contributed by atoms with E-state index >= 15 is 0 Å². The number of nitrogens with one attached hydrogen (secondary N) is 1. The van der Waals surface area contributed by atoms with E-state index in [2.05, 4.69) is 29.7 Å². The van der Waals surface area contributed by atoms with E-state index < -0.39 is 18.5 Å². The molecular formula is C31H35F3N8O2. The summed E-state index contributed by atoms with van der Waals surface area (Å²) in [4.78, 5) is 39.2. The van der Waals surface area contributed by atoms with Crippen LogP contribution in [0.5, 0.6) is 5.75 Å². The number of anilines is 1. The van der Waals surface area contributed by atoms with Crippen molar-refractivity contribution in [3.8, 4) is 17.0 Å². The number of fused-ring (bicyclic) bond motifs is 1. The molecule has 4 aromatic rings. The van der Waals surface area contributed by atoms with E-state index in [0.717, 1.165) is 51.7 Å². The second-order valence-electron chi connectivity index (χ2n) is 11.6. The zero-order valence-electron chi connectivity index (χ0n) is 24.8. The predicted molar refractivity (Wildman–Crippen MR) is 159 cm³/mol. The van der Waals surface area contributed by atoms with E-state index in [4.69, 9.17) is 9.72 Å². The van der Waals surface area contributed by atoms with Crippen LogP contribution in [0.4, 0.5) is 19.0 Å². The fourth-order valence-corrected chi connectivity index (χ4v) is 5.69. The van der Waals surface area contributed by atoms with Gasteiger partial charge in [-0.15, -0.1) is 0 Å². The highest BCUT2D eigenvalue weighted by atomic mass is 19.4. The third kappa shape index (κ3) is 7.09. The van der Waals surface area contributed by atoms with Crippen LogP contribution in [-0.2, 0) is 17.8 Å². The smallest absolute Gasteiger partial charge is 0.397 e. The van der Waals surface area contributed by atoms with Crippen LogP contribution in [0.2, 0.25) is 0 Å². The third-order valence-corrected chi connectivity index (χ3v) is 8.10. The molecule has 0 atom stereocenters. The number of methoxy groups -OCH3 is 1. The van der Waals surface area contributed by atoms with Gasteiger partial charge in [0, 0.05) is 70.2 Å². The number of ether oxygens (including phenoxy) is 1. The molecule has 0 radical (unpaired) electrons. The number of alkyl halides is 3. The number of H-pyrrole nitrogens is 1. The van der Waals surface area contributed by atoms with Gasteiger partial charge >= 0.3 is 6.18 Å². The van der Waals surface area contributed by atoms with Gasteiger partial charge in [-0.05, 0) is 48.6 Å². The Hall–Kier alpha value is -4.26. The third-order valence-electron chi connectivity index (χ3n) is 8.10. The minimum absolute atomic E-state index is 0.285. The molecule has 232 valence electrons. The molecule has 6 rings (SSSR count). The van der Waals surface area contributed by atoms with Gasteiger partial charge in [0.05, 0.1) is 18.1 Å². The summed E-state index contributed by atoms with van der Waals surface area (Å²) in [6.45, 7) is 3.17. The largest absolute Gasteiger partial charge is 0.491 e. The average molecular weight is 609 g/mol. The number of halogens is 3. The van der Waals surface area contributed by atoms with Crippen LogP contribution in [0.15, 0.2) is 42.9 Å². The SMILES string of the molecule is COc1c(-c2ccc3nc(Cc4cc(CN5CCN(C(=O)CC(F)(F)F)CC5)ccn4)[nH]c3c2)ncnc1N(C)CC1CC1. The van der Waals surface area contributed by atoms with Crippen LogP contribution in [0.25, 0.3) is 22.3 Å². The maximum absolute atomic E-state index is 12.6. The molecule has 2 aliphatic rings. The number of piperazine rings is 1. The van der Waals surface area contributed by atoms with Crippen LogP contribution < -0.4 is 9.64 Å². The first kappa shape index (κ1) is 29.8. The molecule has 1 aromatic carbocycles. The molecule has 3 aromatic heterocycles. The van der Waals surface area contributed by atoms with Crippen molar-refractivity contribution in [2.75, 3.05) is 51.8 Å². The Labute approximate surface area is 253 Å². The van der Waals surface area contributed by atoms with Crippen LogP contribution in [0.3, 0.4) is 0 Å². The van der Waals surface area contributed by atoms with E-state index in [0.29, 0.717) is 37.7 Å². The van der Waals surface area contributed by atoms with Gasteiger partial charge in [-0.3, -0.25) is 14.7 Å². The highest BCUT2D eigenvalue weighted by Crippen LogP contribution is 2.38. The number of aromatic nitrogens is 5. The van der Waals surface area contributed by atoms with Gasteiger partial charge in [0.15, 0.2) is 11.6 Å². The number of hydrogen-bond donors (Lipinski definition) is 1. The summed E-state index contributed by atoms with van der Waals surface area (Å²) in [5.74, 6) is 2.04. The minimum Gasteiger partial charge on any atom is -0.491 e. The normalized spacial score (nSPS) is 16.0. The van der Waals surface area contributed by atoms with Gasteiger partial charge in [-0.1, -0.05) is 6.07 Å². The van der Waals surface area contributed by atoms with Crippen molar-refractivity contribution >= 4 is 22.8 Å². The van der Waals surface area contributed by atoms with Crippen LogP contribution in [0.1, 0.15) is 36.3 Å². The molecule has 4 heterocycles. The molecule has 0 bridgehead atoms. The molecular weight excluding hydrogens is 573 g/mol. The summed E-state index contributed by atoms with van der Waals surface area (Å²) in [5.41, 5.74) is 5.21. The van der Waals surface area contributed by atoms with E-state index in [1.807, 2.05) is 37.4 Å². The Morgan fingerprint density at radius 3 is 2.61 bits per heavy atom. The number of pyridine rings is 1. The van der Waals surface area contributed by atoms with E-state index in [9.17, 15) is 18.0 Å². The lowest BCUT2D eigenvalue weighted by Crippen LogP contribution is -2.49. The number of aromatic amines is 1. The molecule has 0 unspecified atom stereocenters. The minimum atomic E-state index is -4.48. The quantitative estimate of drug-likeness (QED) is 0.282. The first-order valence-electron chi connectivity index (χ1n) is 14.7. The Morgan fingerprint density at radius 2 is 1.89 bits per heavy atom. The van der Waals surface area contributed by atoms with Gasteiger partial charge in [0.25, 0.3) is 0 Å². The van der Waals surface area contributed by atoms with Crippen molar-refractivity contribution < 1.29 is 22.7 Å². The van der Waals surface area contributed by atoms with Gasteiger partial charge in [0.1, 0.15) is 24.3 Å². The summed E-state index contributed by atoms with van der Waals surface area (Å²) < 4.78 is 43.5. The van der Waals surface area contributed by atoms with Gasteiger partial charge in [0.2, 0.25) is 5.91 Å². The molecule has 1 N–H and O–H groups in total. The van der Waals surface area contributed by atoms with Crippen LogP contribution >= 0.6 is 0 Å². The summed E-state index contributed by atoms with van der Waals surface area (Å²) in [6, 6.07) is 9.91. The number of nitrogens with zero attached hydrogens (tertiary/aromatic N) is 7. The Balaban J connectivity index is 1.11. The lowest BCUT2D eigenvalue weighted by Gasteiger charge is -2.35. The first-order valence-corrected chi connectivity index (χ1v) is 14.7. The summed E-state index contributed by atoms with van der Waals surface area (Å²) >= 11 is 0. The van der Waals surface area contributed by atoms with Crippen molar-refractivity contribution in [3.63, 3.8) is 0 Å². The molecule has 1 aliphatic carbocycles. The molecule has 1 saturated carbocycles. The number of rotatable bonds is 10. The Bertz CT molecular complexity index is 1630. The molecule has 0 spiro atoms. The predicted octanol–water partition coefficient (Wildman–Crippen LogP) is 4.46. The highest BCUT2D eigenvalue weighted by Gasteiger charge is 2.34. The maximum Gasteiger partial charge on any atom is 0.397 e. The van der Waals surface area contributed by atoms with Gasteiger partial charge in [-0.2, -0.15) is 13.2 Å². The highest BCUT2D eigenvalue weighted by molar-refractivity contribution is 5.84.